The standard InChI is InChI=1S/C14H17FN2O4/c1-8-12(5-6-21-8)17(2)14(20)16-9-3-4-11(15)10(7-9)13(18)19/h3-4,7-8,12H,5-6H2,1-2H3,(H,16,20)(H,18,19). The predicted molar refractivity (Wildman–Crippen MR) is 74.0 cm³/mol. The third-order valence-corrected chi connectivity index (χ3v) is 3.60. The molecule has 0 aliphatic carbocycles. The zero-order valence-corrected chi connectivity index (χ0v) is 11.8. The molecule has 0 bridgehead atoms. The number of nitrogens with one attached hydrogen (secondary N) is 1. The predicted octanol–water partition coefficient (Wildman–Crippen LogP) is 2.17. The number of anilines is 1. The van der Waals surface area contributed by atoms with Crippen molar-refractivity contribution in [1.29, 1.82) is 0 Å². The minimum Gasteiger partial charge on any atom is -0.478 e. The SMILES string of the molecule is CC1OCCC1N(C)C(=O)Nc1ccc(F)c(C(=O)O)c1. The molecule has 21 heavy (non-hydrogen) atoms. The zero-order valence-electron chi connectivity index (χ0n) is 11.8. The molecule has 1 fully saturated rings. The number of hydrogen-bond donors (Lipinski definition) is 2. The number of ether oxygens (including phenoxy) is 1. The molecule has 0 saturated carbocycles. The molecule has 2 unspecified atom stereocenters. The summed E-state index contributed by atoms with van der Waals surface area (Å²) in [4.78, 5) is 24.5. The Morgan fingerprint density at radius 3 is 2.76 bits per heavy atom. The molecule has 0 aromatic heterocycles. The Morgan fingerprint density at radius 1 is 1.48 bits per heavy atom. The van der Waals surface area contributed by atoms with Crippen LogP contribution in [0.25, 0.3) is 0 Å². The van der Waals surface area contributed by atoms with Gasteiger partial charge < -0.3 is 20.1 Å². The number of urea groups is 1. The fourth-order valence-corrected chi connectivity index (χ4v) is 2.36. The van der Waals surface area contributed by atoms with Gasteiger partial charge in [0.25, 0.3) is 0 Å². The number of aromatic carboxylic acids is 1. The number of carbonyl (C=O) groups excluding carboxylic acids is 1. The lowest BCUT2D eigenvalue weighted by atomic mass is 10.1. The van der Waals surface area contributed by atoms with Crippen LogP contribution in [0.2, 0.25) is 0 Å². The Bertz CT molecular complexity index is 564. The van der Waals surface area contributed by atoms with E-state index < -0.39 is 17.3 Å². The number of amides is 2. The Labute approximate surface area is 121 Å². The molecule has 7 heteroatoms. The van der Waals surface area contributed by atoms with Gasteiger partial charge in [0.1, 0.15) is 5.82 Å². The van der Waals surface area contributed by atoms with Crippen LogP contribution in [0.4, 0.5) is 14.9 Å². The van der Waals surface area contributed by atoms with Crippen molar-refractivity contribution >= 4 is 17.7 Å². The lowest BCUT2D eigenvalue weighted by Crippen LogP contribution is -2.43. The van der Waals surface area contributed by atoms with E-state index in [4.69, 9.17) is 9.84 Å². The van der Waals surface area contributed by atoms with Crippen molar-refractivity contribution in [3.63, 3.8) is 0 Å². The van der Waals surface area contributed by atoms with Gasteiger partial charge in [-0.05, 0) is 31.5 Å². The second-order valence-corrected chi connectivity index (χ2v) is 4.97. The molecule has 2 N–H and O–H groups in total. The number of benzene rings is 1. The summed E-state index contributed by atoms with van der Waals surface area (Å²) in [6.45, 7) is 2.49. The van der Waals surface area contributed by atoms with Crippen LogP contribution in [0.15, 0.2) is 18.2 Å². The first-order valence-electron chi connectivity index (χ1n) is 6.58. The first-order chi connectivity index (χ1) is 9.90. The van der Waals surface area contributed by atoms with Crippen LogP contribution in [0.3, 0.4) is 0 Å². The van der Waals surface area contributed by atoms with Crippen LogP contribution in [-0.4, -0.2) is 47.8 Å². The molecule has 1 aliphatic rings. The molecule has 1 saturated heterocycles. The highest BCUT2D eigenvalue weighted by molar-refractivity contribution is 5.93. The molecule has 2 amide bonds. The van der Waals surface area contributed by atoms with Crippen molar-refractivity contribution in [1.82, 2.24) is 4.90 Å². The largest absolute Gasteiger partial charge is 0.478 e. The van der Waals surface area contributed by atoms with Gasteiger partial charge in [0.2, 0.25) is 0 Å². The van der Waals surface area contributed by atoms with Gasteiger partial charge in [0, 0.05) is 19.3 Å². The number of carboxylic acid groups (broad SMARTS) is 1. The molecule has 1 aliphatic heterocycles. The fourth-order valence-electron chi connectivity index (χ4n) is 2.36. The molecule has 2 atom stereocenters. The quantitative estimate of drug-likeness (QED) is 0.896. The van der Waals surface area contributed by atoms with E-state index in [9.17, 15) is 14.0 Å². The van der Waals surface area contributed by atoms with Crippen LogP contribution in [0, 0.1) is 5.82 Å². The van der Waals surface area contributed by atoms with E-state index >= 15 is 0 Å². The third-order valence-electron chi connectivity index (χ3n) is 3.60. The average molecular weight is 296 g/mol. The molecular formula is C14H17FN2O4. The van der Waals surface area contributed by atoms with Crippen LogP contribution >= 0.6 is 0 Å². The smallest absolute Gasteiger partial charge is 0.338 e. The van der Waals surface area contributed by atoms with Crippen molar-refractivity contribution in [2.24, 2.45) is 0 Å². The van der Waals surface area contributed by atoms with Gasteiger partial charge >= 0.3 is 12.0 Å². The van der Waals surface area contributed by atoms with Gasteiger partial charge in [0.15, 0.2) is 0 Å². The summed E-state index contributed by atoms with van der Waals surface area (Å²) in [7, 11) is 1.65. The number of carboxylic acids is 1. The highest BCUT2D eigenvalue weighted by Gasteiger charge is 2.30. The Balaban J connectivity index is 2.09. The van der Waals surface area contributed by atoms with E-state index in [2.05, 4.69) is 5.32 Å². The van der Waals surface area contributed by atoms with E-state index in [1.54, 1.807) is 7.05 Å². The summed E-state index contributed by atoms with van der Waals surface area (Å²) < 4.78 is 18.7. The molecule has 0 radical (unpaired) electrons. The van der Waals surface area contributed by atoms with Crippen LogP contribution in [-0.2, 0) is 4.74 Å². The molecule has 6 nitrogen and oxygen atoms in total. The molecular weight excluding hydrogens is 279 g/mol. The number of hydrogen-bond acceptors (Lipinski definition) is 3. The normalized spacial score (nSPS) is 21.1. The third kappa shape index (κ3) is 3.30. The first kappa shape index (κ1) is 15.2. The van der Waals surface area contributed by atoms with E-state index in [0.717, 1.165) is 18.6 Å². The maximum absolute atomic E-state index is 13.3. The maximum Gasteiger partial charge on any atom is 0.338 e. The number of halogens is 1. The highest BCUT2D eigenvalue weighted by atomic mass is 19.1. The van der Waals surface area contributed by atoms with Gasteiger partial charge in [-0.1, -0.05) is 0 Å². The van der Waals surface area contributed by atoms with Gasteiger partial charge in [0.05, 0.1) is 17.7 Å². The summed E-state index contributed by atoms with van der Waals surface area (Å²) in [6.07, 6.45) is 0.693. The molecule has 0 spiro atoms. The highest BCUT2D eigenvalue weighted by Crippen LogP contribution is 2.20. The summed E-state index contributed by atoms with van der Waals surface area (Å²) in [6, 6.07) is 3.00. The van der Waals surface area contributed by atoms with Gasteiger partial charge in [-0.2, -0.15) is 0 Å². The van der Waals surface area contributed by atoms with Crippen molar-refractivity contribution in [3.05, 3.63) is 29.6 Å². The zero-order chi connectivity index (χ0) is 15.6. The fraction of sp³-hybridized carbons (Fsp3) is 0.429. The topological polar surface area (TPSA) is 78.9 Å². The Kier molecular flexibility index (Phi) is 4.42. The lowest BCUT2D eigenvalue weighted by molar-refractivity contribution is 0.0692. The molecule has 2 rings (SSSR count). The van der Waals surface area contributed by atoms with E-state index in [0.29, 0.717) is 6.61 Å². The van der Waals surface area contributed by atoms with Crippen molar-refractivity contribution in [2.75, 3.05) is 19.0 Å². The van der Waals surface area contributed by atoms with Gasteiger partial charge in [-0.3, -0.25) is 0 Å². The molecule has 1 heterocycles. The first-order valence-corrected chi connectivity index (χ1v) is 6.58. The number of carbonyl (C=O) groups is 2. The van der Waals surface area contributed by atoms with E-state index in [-0.39, 0.29) is 23.9 Å². The lowest BCUT2D eigenvalue weighted by Gasteiger charge is -2.26. The second kappa shape index (κ2) is 6.09. The summed E-state index contributed by atoms with van der Waals surface area (Å²) in [5.74, 6) is -2.22. The summed E-state index contributed by atoms with van der Waals surface area (Å²) >= 11 is 0. The van der Waals surface area contributed by atoms with Crippen molar-refractivity contribution in [2.45, 2.75) is 25.5 Å². The van der Waals surface area contributed by atoms with Crippen molar-refractivity contribution < 1.29 is 23.8 Å². The Morgan fingerprint density at radius 2 is 2.19 bits per heavy atom. The van der Waals surface area contributed by atoms with E-state index in [1.165, 1.54) is 11.0 Å². The summed E-state index contributed by atoms with van der Waals surface area (Å²) in [5.41, 5.74) is -0.245. The van der Waals surface area contributed by atoms with Crippen LogP contribution in [0.5, 0.6) is 0 Å². The van der Waals surface area contributed by atoms with Crippen LogP contribution < -0.4 is 5.32 Å². The second-order valence-electron chi connectivity index (χ2n) is 4.97. The average Bonchev–Trinajstić information content (AvgIpc) is 2.85. The monoisotopic (exact) mass is 296 g/mol. The van der Waals surface area contributed by atoms with E-state index in [1.807, 2.05) is 6.92 Å². The Hall–Kier alpha value is -2.15. The van der Waals surface area contributed by atoms with Crippen molar-refractivity contribution in [3.8, 4) is 0 Å². The summed E-state index contributed by atoms with van der Waals surface area (Å²) in [5, 5.41) is 11.4. The number of nitrogens with zero attached hydrogens (tertiary/aromatic N) is 1. The number of rotatable bonds is 3. The minimum absolute atomic E-state index is 0.0376. The minimum atomic E-state index is -1.38. The number of likely N-dealkylation sites (N-methyl/N-ethyl adjacent to an activating group) is 1. The molecule has 114 valence electrons. The van der Waals surface area contributed by atoms with Gasteiger partial charge in [-0.15, -0.1) is 0 Å². The van der Waals surface area contributed by atoms with Gasteiger partial charge in [-0.25, -0.2) is 14.0 Å². The maximum atomic E-state index is 13.3. The van der Waals surface area contributed by atoms with Crippen LogP contribution in [0.1, 0.15) is 23.7 Å². The molecule has 1 aromatic carbocycles. The molecule has 1 aromatic rings.